The second-order valence-electron chi connectivity index (χ2n) is 13.9. The molecule has 0 amide bonds. The molecule has 0 saturated carbocycles. The lowest BCUT2D eigenvalue weighted by molar-refractivity contribution is 0.672. The van der Waals surface area contributed by atoms with Gasteiger partial charge in [0, 0.05) is 33.7 Å². The molecule has 3 heteroatoms. The van der Waals surface area contributed by atoms with Crippen molar-refractivity contribution in [1.82, 2.24) is 4.98 Å². The molecule has 11 rings (SSSR count). The summed E-state index contributed by atoms with van der Waals surface area (Å²) in [6.07, 6.45) is 1.95. The summed E-state index contributed by atoms with van der Waals surface area (Å²) in [4.78, 5) is 7.26. The first-order valence-electron chi connectivity index (χ1n) is 18.4. The molecule has 0 N–H and O–H groups in total. The van der Waals surface area contributed by atoms with Gasteiger partial charge in [-0.2, -0.15) is 0 Å². The largest absolute Gasteiger partial charge is 0.451 e. The van der Waals surface area contributed by atoms with Gasteiger partial charge in [-0.1, -0.05) is 146 Å². The van der Waals surface area contributed by atoms with Crippen LogP contribution in [-0.2, 0) is 0 Å². The Hall–Kier alpha value is -7.23. The monoisotopic (exact) mass is 688 g/mol. The number of hydrogen-bond acceptors (Lipinski definition) is 3. The van der Waals surface area contributed by atoms with Crippen molar-refractivity contribution in [3.05, 3.63) is 194 Å². The molecule has 0 spiro atoms. The lowest BCUT2D eigenvalue weighted by Crippen LogP contribution is -2.10. The molecule has 252 valence electrons. The van der Waals surface area contributed by atoms with Gasteiger partial charge in [0.15, 0.2) is 11.2 Å². The number of nitrogens with zero attached hydrogens (tertiary/aromatic N) is 2. The van der Waals surface area contributed by atoms with E-state index in [0.29, 0.717) is 0 Å². The van der Waals surface area contributed by atoms with E-state index >= 15 is 0 Å². The summed E-state index contributed by atoms with van der Waals surface area (Å²) in [5.74, 6) is 0. The van der Waals surface area contributed by atoms with Gasteiger partial charge in [0.1, 0.15) is 5.52 Å². The Kier molecular flexibility index (Phi) is 6.86. The summed E-state index contributed by atoms with van der Waals surface area (Å²) in [5.41, 5.74) is 10.2. The van der Waals surface area contributed by atoms with Gasteiger partial charge in [-0.05, 0) is 97.0 Å². The Morgan fingerprint density at radius 1 is 0.370 bits per heavy atom. The smallest absolute Gasteiger partial charge is 0.161 e. The van der Waals surface area contributed by atoms with Gasteiger partial charge in [-0.3, -0.25) is 4.98 Å². The number of benzene rings is 9. The molecule has 2 aromatic heterocycles. The molecule has 0 saturated heterocycles. The molecule has 0 aliphatic rings. The SMILES string of the molecule is c1cc(-c2cccc3ccccc23)cc(N(c2cccc(-c3cc4ccccc4c4ccccc34)c2)c2cccc3c2oc2c4ccccc4cnc32)c1. The fourth-order valence-corrected chi connectivity index (χ4v) is 8.35. The zero-order valence-electron chi connectivity index (χ0n) is 29.3. The second-order valence-corrected chi connectivity index (χ2v) is 13.9. The molecular weight excluding hydrogens is 657 g/mol. The summed E-state index contributed by atoms with van der Waals surface area (Å²) in [5, 5.41) is 10.5. The molecule has 2 heterocycles. The van der Waals surface area contributed by atoms with Crippen LogP contribution in [0.1, 0.15) is 0 Å². The van der Waals surface area contributed by atoms with Gasteiger partial charge in [0.25, 0.3) is 0 Å². The van der Waals surface area contributed by atoms with Crippen LogP contribution in [-0.4, -0.2) is 4.98 Å². The van der Waals surface area contributed by atoms with E-state index in [0.717, 1.165) is 61.0 Å². The molecule has 0 bridgehead atoms. The maximum absolute atomic E-state index is 6.91. The van der Waals surface area contributed by atoms with Gasteiger partial charge in [-0.25, -0.2) is 0 Å². The van der Waals surface area contributed by atoms with Crippen LogP contribution < -0.4 is 4.90 Å². The molecule has 54 heavy (non-hydrogen) atoms. The minimum atomic E-state index is 0.800. The van der Waals surface area contributed by atoms with Gasteiger partial charge >= 0.3 is 0 Å². The first-order valence-corrected chi connectivity index (χ1v) is 18.4. The van der Waals surface area contributed by atoms with Crippen molar-refractivity contribution in [2.24, 2.45) is 0 Å². The number of pyridine rings is 1. The van der Waals surface area contributed by atoms with Gasteiger partial charge < -0.3 is 9.32 Å². The van der Waals surface area contributed by atoms with E-state index in [1.165, 1.54) is 43.4 Å². The third-order valence-electron chi connectivity index (χ3n) is 10.8. The van der Waals surface area contributed by atoms with Crippen molar-refractivity contribution >= 4 is 82.2 Å². The Morgan fingerprint density at radius 2 is 0.944 bits per heavy atom. The van der Waals surface area contributed by atoms with Gasteiger partial charge in [0.2, 0.25) is 0 Å². The van der Waals surface area contributed by atoms with Crippen LogP contribution in [0, 0.1) is 0 Å². The summed E-state index contributed by atoms with van der Waals surface area (Å²) in [7, 11) is 0. The molecule has 0 aliphatic heterocycles. The number of anilines is 3. The lowest BCUT2D eigenvalue weighted by atomic mass is 9.93. The minimum Gasteiger partial charge on any atom is -0.451 e. The number of hydrogen-bond donors (Lipinski definition) is 0. The standard InChI is InChI=1S/C51H32N2O/c1-4-21-40-33(13-1)16-11-26-41(40)34-17-9-19-38(29-34)53(48-28-12-27-46-49-51(54-50(46)48)43-23-6-3-15-37(43)32-52-49)39-20-10-18-35(30-39)47-31-36-14-2-5-22-42(36)44-24-7-8-25-45(44)47/h1-32H. The third kappa shape index (κ3) is 4.79. The maximum Gasteiger partial charge on any atom is 0.161 e. The van der Waals surface area contributed by atoms with Crippen LogP contribution in [0.15, 0.2) is 199 Å². The van der Waals surface area contributed by atoms with Crippen LogP contribution in [0.3, 0.4) is 0 Å². The van der Waals surface area contributed by atoms with E-state index in [9.17, 15) is 0 Å². The Labute approximate surface area is 312 Å². The molecule has 0 fully saturated rings. The highest BCUT2D eigenvalue weighted by Crippen LogP contribution is 2.45. The van der Waals surface area contributed by atoms with Crippen molar-refractivity contribution in [3.63, 3.8) is 0 Å². The average Bonchev–Trinajstić information content (AvgIpc) is 3.64. The topological polar surface area (TPSA) is 29.3 Å². The van der Waals surface area contributed by atoms with Crippen LogP contribution >= 0.6 is 0 Å². The van der Waals surface area contributed by atoms with Crippen LogP contribution in [0.2, 0.25) is 0 Å². The fraction of sp³-hybridized carbons (Fsp3) is 0. The third-order valence-corrected chi connectivity index (χ3v) is 10.8. The Morgan fingerprint density at radius 3 is 1.74 bits per heavy atom. The van der Waals surface area contributed by atoms with E-state index < -0.39 is 0 Å². The van der Waals surface area contributed by atoms with E-state index in [1.807, 2.05) is 12.3 Å². The second kappa shape index (κ2) is 12.2. The van der Waals surface area contributed by atoms with Crippen molar-refractivity contribution < 1.29 is 4.42 Å². The van der Waals surface area contributed by atoms with E-state index in [1.54, 1.807) is 0 Å². The lowest BCUT2D eigenvalue weighted by Gasteiger charge is -2.27. The van der Waals surface area contributed by atoms with E-state index in [-0.39, 0.29) is 0 Å². The summed E-state index contributed by atoms with van der Waals surface area (Å²) in [6.45, 7) is 0. The van der Waals surface area contributed by atoms with Crippen molar-refractivity contribution in [3.8, 4) is 22.3 Å². The van der Waals surface area contributed by atoms with Crippen molar-refractivity contribution in [2.75, 3.05) is 4.90 Å². The summed E-state index contributed by atoms with van der Waals surface area (Å²) >= 11 is 0. The molecule has 11 aromatic rings. The highest BCUT2D eigenvalue weighted by Gasteiger charge is 2.22. The number of aromatic nitrogens is 1. The van der Waals surface area contributed by atoms with Crippen LogP contribution in [0.5, 0.6) is 0 Å². The van der Waals surface area contributed by atoms with Crippen molar-refractivity contribution in [2.45, 2.75) is 0 Å². The molecule has 0 aliphatic carbocycles. The fourth-order valence-electron chi connectivity index (χ4n) is 8.35. The normalized spacial score (nSPS) is 11.7. The van der Waals surface area contributed by atoms with Crippen LogP contribution in [0.25, 0.3) is 87.4 Å². The van der Waals surface area contributed by atoms with Crippen LogP contribution in [0.4, 0.5) is 17.1 Å². The summed E-state index contributed by atoms with van der Waals surface area (Å²) in [6, 6.07) is 67.3. The first-order chi connectivity index (χ1) is 26.8. The van der Waals surface area contributed by atoms with E-state index in [4.69, 9.17) is 9.40 Å². The number of furan rings is 1. The Balaban J connectivity index is 1.17. The maximum atomic E-state index is 6.91. The predicted octanol–water partition coefficient (Wildman–Crippen LogP) is 14.4. The highest BCUT2D eigenvalue weighted by atomic mass is 16.3. The number of rotatable bonds is 5. The molecule has 9 aromatic carbocycles. The molecule has 3 nitrogen and oxygen atoms in total. The quantitative estimate of drug-likeness (QED) is 0.169. The highest BCUT2D eigenvalue weighted by molar-refractivity contribution is 6.16. The van der Waals surface area contributed by atoms with Gasteiger partial charge in [0.05, 0.1) is 5.69 Å². The average molecular weight is 689 g/mol. The molecule has 0 atom stereocenters. The summed E-state index contributed by atoms with van der Waals surface area (Å²) < 4.78 is 6.91. The van der Waals surface area contributed by atoms with E-state index in [2.05, 4.69) is 187 Å². The molecule has 0 radical (unpaired) electrons. The molecular formula is C51H32N2O. The minimum absolute atomic E-state index is 0.800. The zero-order chi connectivity index (χ0) is 35.6. The Bertz CT molecular complexity index is 3240. The number of para-hydroxylation sites is 1. The zero-order valence-corrected chi connectivity index (χ0v) is 29.3. The number of fused-ring (bicyclic) bond motifs is 9. The van der Waals surface area contributed by atoms with Crippen molar-refractivity contribution in [1.29, 1.82) is 0 Å². The van der Waals surface area contributed by atoms with Gasteiger partial charge in [-0.15, -0.1) is 0 Å². The molecule has 0 unspecified atom stereocenters. The predicted molar refractivity (Wildman–Crippen MR) is 227 cm³/mol. The first kappa shape index (κ1) is 30.4.